The second-order valence-corrected chi connectivity index (χ2v) is 8.56. The van der Waals surface area contributed by atoms with E-state index in [1.807, 2.05) is 42.5 Å². The van der Waals surface area contributed by atoms with Gasteiger partial charge in [-0.2, -0.15) is 0 Å². The van der Waals surface area contributed by atoms with Gasteiger partial charge in [-0.3, -0.25) is 9.47 Å². The van der Waals surface area contributed by atoms with Gasteiger partial charge in [-0.1, -0.05) is 17.7 Å². The first-order valence-corrected chi connectivity index (χ1v) is 10.9. The molecule has 7 heteroatoms. The Balaban J connectivity index is 1.56. The van der Waals surface area contributed by atoms with E-state index in [0.29, 0.717) is 11.8 Å². The summed E-state index contributed by atoms with van der Waals surface area (Å²) in [6.45, 7) is 2.15. The monoisotopic (exact) mass is 425 g/mol. The number of rotatable bonds is 6. The van der Waals surface area contributed by atoms with Crippen molar-refractivity contribution in [3.8, 4) is 11.6 Å². The van der Waals surface area contributed by atoms with Crippen LogP contribution in [0.4, 0.5) is 0 Å². The molecule has 4 rings (SSSR count). The van der Waals surface area contributed by atoms with Gasteiger partial charge in [-0.05, 0) is 77.0 Å². The molecule has 0 spiro atoms. The van der Waals surface area contributed by atoms with Gasteiger partial charge in [-0.25, -0.2) is 4.98 Å². The second kappa shape index (κ2) is 9.14. The van der Waals surface area contributed by atoms with E-state index in [4.69, 9.17) is 16.3 Å². The summed E-state index contributed by atoms with van der Waals surface area (Å²) in [5.41, 5.74) is 1.05. The second-order valence-electron chi connectivity index (χ2n) is 8.13. The van der Waals surface area contributed by atoms with Crippen LogP contribution < -0.4 is 4.74 Å². The molecule has 2 aromatic heterocycles. The summed E-state index contributed by atoms with van der Waals surface area (Å²) < 4.78 is 8.28. The van der Waals surface area contributed by atoms with Gasteiger partial charge in [0.25, 0.3) is 0 Å². The number of benzene rings is 1. The highest BCUT2D eigenvalue weighted by atomic mass is 35.5. The van der Waals surface area contributed by atoms with Gasteiger partial charge in [0.05, 0.1) is 6.04 Å². The Morgan fingerprint density at radius 1 is 1.03 bits per heavy atom. The number of hydrogen-bond donors (Lipinski definition) is 0. The molecule has 0 radical (unpaired) electrons. The van der Waals surface area contributed by atoms with E-state index >= 15 is 0 Å². The predicted octanol–water partition coefficient (Wildman–Crippen LogP) is 5.04. The third kappa shape index (κ3) is 4.50. The molecule has 30 heavy (non-hydrogen) atoms. The van der Waals surface area contributed by atoms with Crippen LogP contribution in [0.25, 0.3) is 5.69 Å². The van der Waals surface area contributed by atoms with Crippen molar-refractivity contribution >= 4 is 11.6 Å². The first-order valence-electron chi connectivity index (χ1n) is 10.5. The summed E-state index contributed by atoms with van der Waals surface area (Å²) in [5, 5.41) is 9.97. The van der Waals surface area contributed by atoms with Crippen LogP contribution in [0.15, 0.2) is 48.7 Å². The molecule has 1 aliphatic carbocycles. The van der Waals surface area contributed by atoms with Gasteiger partial charge in [0.1, 0.15) is 11.9 Å². The van der Waals surface area contributed by atoms with Gasteiger partial charge in [0, 0.05) is 28.9 Å². The Morgan fingerprint density at radius 3 is 2.40 bits per heavy atom. The molecule has 0 N–H and O–H groups in total. The Kier molecular flexibility index (Phi) is 6.35. The summed E-state index contributed by atoms with van der Waals surface area (Å²) in [6, 6.07) is 13.8. The first-order chi connectivity index (χ1) is 14.5. The molecule has 6 nitrogen and oxygen atoms in total. The van der Waals surface area contributed by atoms with Crippen LogP contribution in [0.5, 0.6) is 5.88 Å². The molecule has 1 unspecified atom stereocenters. The van der Waals surface area contributed by atoms with E-state index in [9.17, 15) is 0 Å². The lowest BCUT2D eigenvalue weighted by molar-refractivity contribution is 0.139. The Morgan fingerprint density at radius 2 is 1.77 bits per heavy atom. The van der Waals surface area contributed by atoms with Crippen molar-refractivity contribution in [3.05, 3.63) is 65.3 Å². The van der Waals surface area contributed by atoms with Gasteiger partial charge in [0.15, 0.2) is 5.82 Å². The molecular formula is C23H28ClN5O. The predicted molar refractivity (Wildman–Crippen MR) is 118 cm³/mol. The number of aromatic nitrogens is 4. The van der Waals surface area contributed by atoms with Gasteiger partial charge in [-0.15, -0.1) is 10.2 Å². The van der Waals surface area contributed by atoms with Crippen molar-refractivity contribution in [1.29, 1.82) is 0 Å². The van der Waals surface area contributed by atoms with E-state index in [2.05, 4.69) is 45.7 Å². The molecule has 0 amide bonds. The third-order valence-electron chi connectivity index (χ3n) is 5.91. The number of pyridine rings is 1. The summed E-state index contributed by atoms with van der Waals surface area (Å²) in [6.07, 6.45) is 5.95. The maximum absolute atomic E-state index is 6.13. The van der Waals surface area contributed by atoms with Crippen LogP contribution in [0.2, 0.25) is 5.02 Å². The van der Waals surface area contributed by atoms with Crippen LogP contribution in [0.1, 0.15) is 56.2 Å². The average Bonchev–Trinajstić information content (AvgIpc) is 3.20. The molecule has 1 saturated carbocycles. The Labute approximate surface area is 182 Å². The first kappa shape index (κ1) is 20.8. The molecule has 0 saturated heterocycles. The normalized spacial score (nSPS) is 20.3. The molecular weight excluding hydrogens is 398 g/mol. The van der Waals surface area contributed by atoms with Crippen molar-refractivity contribution < 1.29 is 4.74 Å². The van der Waals surface area contributed by atoms with Crippen LogP contribution >= 0.6 is 11.6 Å². The van der Waals surface area contributed by atoms with E-state index < -0.39 is 0 Å². The zero-order valence-electron chi connectivity index (χ0n) is 17.7. The maximum atomic E-state index is 6.13. The molecule has 158 valence electrons. The van der Waals surface area contributed by atoms with E-state index in [1.165, 1.54) is 0 Å². The molecule has 2 heterocycles. The standard InChI is InChI=1S/C23H28ClN5O/c1-16(28(2)3)22-26-27-23(29(22)19-11-9-18(24)10-12-19)17-7-13-20(14-8-17)30-21-6-4-5-15-25-21/h4-6,9-12,15-17,20H,7-8,13-14H2,1-3H3/t16?,17-,20-. The van der Waals surface area contributed by atoms with Crippen LogP contribution in [0, 0.1) is 0 Å². The number of ether oxygens (including phenoxy) is 1. The smallest absolute Gasteiger partial charge is 0.213 e. The molecule has 3 aromatic rings. The highest BCUT2D eigenvalue weighted by Crippen LogP contribution is 2.36. The lowest BCUT2D eigenvalue weighted by Gasteiger charge is -2.29. The zero-order valence-corrected chi connectivity index (χ0v) is 18.5. The minimum absolute atomic E-state index is 0.144. The molecule has 1 atom stereocenters. The lowest BCUT2D eigenvalue weighted by atomic mass is 9.86. The van der Waals surface area contributed by atoms with E-state index in [1.54, 1.807) is 6.20 Å². The quantitative estimate of drug-likeness (QED) is 0.553. The van der Waals surface area contributed by atoms with E-state index in [-0.39, 0.29) is 12.1 Å². The van der Waals surface area contributed by atoms with Crippen molar-refractivity contribution in [2.75, 3.05) is 14.1 Å². The van der Waals surface area contributed by atoms with Crippen molar-refractivity contribution in [1.82, 2.24) is 24.6 Å². The Hall–Kier alpha value is -2.44. The van der Waals surface area contributed by atoms with Gasteiger partial charge < -0.3 is 4.74 Å². The fraction of sp³-hybridized carbons (Fsp3) is 0.435. The number of hydrogen-bond acceptors (Lipinski definition) is 5. The molecule has 1 fully saturated rings. The number of halogens is 1. The minimum atomic E-state index is 0.144. The fourth-order valence-corrected chi connectivity index (χ4v) is 4.08. The van der Waals surface area contributed by atoms with Gasteiger partial charge >= 0.3 is 0 Å². The van der Waals surface area contributed by atoms with Crippen molar-refractivity contribution in [3.63, 3.8) is 0 Å². The Bertz CT molecular complexity index is 949. The topological polar surface area (TPSA) is 56.1 Å². The van der Waals surface area contributed by atoms with Crippen LogP contribution in [-0.4, -0.2) is 44.8 Å². The largest absolute Gasteiger partial charge is 0.474 e. The minimum Gasteiger partial charge on any atom is -0.474 e. The molecule has 1 aliphatic rings. The maximum Gasteiger partial charge on any atom is 0.213 e. The third-order valence-corrected chi connectivity index (χ3v) is 6.16. The number of nitrogens with zero attached hydrogens (tertiary/aromatic N) is 5. The lowest BCUT2D eigenvalue weighted by Crippen LogP contribution is -2.25. The zero-order chi connectivity index (χ0) is 21.1. The highest BCUT2D eigenvalue weighted by Gasteiger charge is 2.30. The molecule has 1 aromatic carbocycles. The van der Waals surface area contributed by atoms with Crippen molar-refractivity contribution in [2.45, 2.75) is 50.7 Å². The molecule has 0 bridgehead atoms. The highest BCUT2D eigenvalue weighted by molar-refractivity contribution is 6.30. The summed E-state index contributed by atoms with van der Waals surface area (Å²) in [4.78, 5) is 6.44. The SMILES string of the molecule is CC(c1nnc([C@H]2CC[C@H](Oc3ccccn3)CC2)n1-c1ccc(Cl)cc1)N(C)C. The van der Waals surface area contributed by atoms with Gasteiger partial charge in [0.2, 0.25) is 5.88 Å². The van der Waals surface area contributed by atoms with Crippen molar-refractivity contribution in [2.24, 2.45) is 0 Å². The molecule has 0 aliphatic heterocycles. The van der Waals surface area contributed by atoms with E-state index in [0.717, 1.165) is 48.0 Å². The average molecular weight is 426 g/mol. The summed E-state index contributed by atoms with van der Waals surface area (Å²) in [5.74, 6) is 3.02. The summed E-state index contributed by atoms with van der Waals surface area (Å²) in [7, 11) is 4.12. The van der Waals surface area contributed by atoms with Crippen LogP contribution in [-0.2, 0) is 0 Å². The fourth-order valence-electron chi connectivity index (χ4n) is 3.96. The summed E-state index contributed by atoms with van der Waals surface area (Å²) >= 11 is 6.13. The van der Waals surface area contributed by atoms with Crippen LogP contribution in [0.3, 0.4) is 0 Å².